The minimum absolute atomic E-state index is 0.00157. The fourth-order valence-corrected chi connectivity index (χ4v) is 4.42. The Hall–Kier alpha value is -3.38. The van der Waals surface area contributed by atoms with Crippen molar-refractivity contribution >= 4 is 27.2 Å². The summed E-state index contributed by atoms with van der Waals surface area (Å²) in [6.07, 6.45) is 3.12. The highest BCUT2D eigenvalue weighted by Gasteiger charge is 2.21. The van der Waals surface area contributed by atoms with Crippen LogP contribution in [-0.2, 0) is 16.4 Å². The number of hydrogen-bond acceptors (Lipinski definition) is 4. The van der Waals surface area contributed by atoms with E-state index in [1.807, 2.05) is 24.3 Å². The molecule has 0 heterocycles. The maximum atomic E-state index is 12.7. The molecular weight excluding hydrogens is 384 g/mol. The Labute approximate surface area is 170 Å². The van der Waals surface area contributed by atoms with Crippen LogP contribution in [0.4, 0.5) is 11.4 Å². The van der Waals surface area contributed by atoms with Crippen molar-refractivity contribution in [3.63, 3.8) is 0 Å². The summed E-state index contributed by atoms with van der Waals surface area (Å²) in [4.78, 5) is 12.9. The number of allylic oxidation sites excluding steroid dienone is 1. The summed E-state index contributed by atoms with van der Waals surface area (Å²) in [5.41, 5.74) is 3.45. The maximum Gasteiger partial charge on any atom is 0.261 e. The topological polar surface area (TPSA) is 75.3 Å². The molecular formula is C23H20N2O3S. The molecule has 4 rings (SSSR count). The number of nitrogens with one attached hydrogen (secondary N) is 2. The van der Waals surface area contributed by atoms with E-state index in [9.17, 15) is 13.2 Å². The average Bonchev–Trinajstić information content (AvgIpc) is 2.75. The van der Waals surface area contributed by atoms with Crippen LogP contribution in [-0.4, -0.2) is 14.2 Å². The van der Waals surface area contributed by atoms with E-state index >= 15 is 0 Å². The molecule has 3 aromatic carbocycles. The standard InChI is InChI=1S/C23H20N2O3S/c26-23-18(15-14-17-8-4-5-11-20(17)23)16-24-21-12-6-7-13-22(21)25-29(27,28)19-9-2-1-3-10-19/h1-13,16,24-25H,14-15H2. The molecule has 5 nitrogen and oxygen atoms in total. The molecule has 0 fully saturated rings. The first-order valence-corrected chi connectivity index (χ1v) is 10.8. The lowest BCUT2D eigenvalue weighted by molar-refractivity contribution is 0.102. The van der Waals surface area contributed by atoms with Gasteiger partial charge in [-0.3, -0.25) is 9.52 Å². The van der Waals surface area contributed by atoms with E-state index in [-0.39, 0.29) is 10.7 Å². The minimum atomic E-state index is -3.71. The lowest BCUT2D eigenvalue weighted by Crippen LogP contribution is -2.16. The summed E-state index contributed by atoms with van der Waals surface area (Å²) in [7, 11) is -3.71. The number of ketones is 1. The summed E-state index contributed by atoms with van der Waals surface area (Å²) in [6.45, 7) is 0. The lowest BCUT2D eigenvalue weighted by Gasteiger charge is -2.18. The zero-order valence-electron chi connectivity index (χ0n) is 15.6. The van der Waals surface area contributed by atoms with Gasteiger partial charge >= 0.3 is 0 Å². The molecule has 1 aliphatic rings. The monoisotopic (exact) mass is 404 g/mol. The Balaban J connectivity index is 1.57. The van der Waals surface area contributed by atoms with Gasteiger partial charge in [-0.1, -0.05) is 54.6 Å². The first-order chi connectivity index (χ1) is 14.0. The van der Waals surface area contributed by atoms with E-state index in [4.69, 9.17) is 0 Å². The summed E-state index contributed by atoms with van der Waals surface area (Å²) >= 11 is 0. The minimum Gasteiger partial charge on any atom is -0.360 e. The highest BCUT2D eigenvalue weighted by molar-refractivity contribution is 7.92. The number of Topliss-reactive ketones (excluding diaryl/α,β-unsaturated/α-hetero) is 1. The lowest BCUT2D eigenvalue weighted by atomic mass is 9.87. The van der Waals surface area contributed by atoms with Crippen molar-refractivity contribution < 1.29 is 13.2 Å². The highest BCUT2D eigenvalue weighted by atomic mass is 32.2. The molecule has 0 amide bonds. The first-order valence-electron chi connectivity index (χ1n) is 9.30. The highest BCUT2D eigenvalue weighted by Crippen LogP contribution is 2.27. The molecule has 0 bridgehead atoms. The van der Waals surface area contributed by atoms with Crippen LogP contribution >= 0.6 is 0 Å². The smallest absolute Gasteiger partial charge is 0.261 e. The van der Waals surface area contributed by atoms with Crippen molar-refractivity contribution in [3.05, 3.63) is 102 Å². The third kappa shape index (κ3) is 4.07. The fraction of sp³-hybridized carbons (Fsp3) is 0.0870. The Morgan fingerprint density at radius 2 is 1.41 bits per heavy atom. The molecule has 0 aliphatic heterocycles. The van der Waals surface area contributed by atoms with Crippen molar-refractivity contribution in [3.8, 4) is 0 Å². The summed E-state index contributed by atoms with van der Waals surface area (Å²) in [5.74, 6) is 0.00157. The van der Waals surface area contributed by atoms with Crippen molar-refractivity contribution in [2.45, 2.75) is 17.7 Å². The Morgan fingerprint density at radius 1 is 0.759 bits per heavy atom. The second-order valence-corrected chi connectivity index (χ2v) is 8.45. The Bertz CT molecular complexity index is 1190. The van der Waals surface area contributed by atoms with E-state index in [0.717, 1.165) is 17.5 Å². The van der Waals surface area contributed by atoms with Crippen molar-refractivity contribution in [2.24, 2.45) is 0 Å². The Morgan fingerprint density at radius 3 is 2.21 bits per heavy atom. The first kappa shape index (κ1) is 19.0. The van der Waals surface area contributed by atoms with Crippen LogP contribution in [0.2, 0.25) is 0 Å². The van der Waals surface area contributed by atoms with Gasteiger partial charge in [-0.05, 0) is 42.7 Å². The molecule has 3 aromatic rings. The largest absolute Gasteiger partial charge is 0.360 e. The third-order valence-corrected chi connectivity index (χ3v) is 6.23. The molecule has 0 saturated heterocycles. The summed E-state index contributed by atoms with van der Waals surface area (Å²) in [6, 6.07) is 22.8. The molecule has 0 saturated carbocycles. The molecule has 0 aromatic heterocycles. The van der Waals surface area contributed by atoms with E-state index in [1.165, 1.54) is 0 Å². The Kier molecular flexibility index (Phi) is 5.18. The second-order valence-electron chi connectivity index (χ2n) is 6.76. The summed E-state index contributed by atoms with van der Waals surface area (Å²) < 4.78 is 27.9. The van der Waals surface area contributed by atoms with Crippen LogP contribution in [0.3, 0.4) is 0 Å². The molecule has 0 radical (unpaired) electrons. The van der Waals surface area contributed by atoms with E-state index in [2.05, 4.69) is 10.0 Å². The average molecular weight is 404 g/mol. The zero-order chi connectivity index (χ0) is 20.3. The van der Waals surface area contributed by atoms with Crippen molar-refractivity contribution in [2.75, 3.05) is 10.0 Å². The quantitative estimate of drug-likeness (QED) is 0.609. The molecule has 2 N–H and O–H groups in total. The van der Waals surface area contributed by atoms with Crippen LogP contribution in [0.1, 0.15) is 22.3 Å². The van der Waals surface area contributed by atoms with E-state index in [0.29, 0.717) is 23.4 Å². The van der Waals surface area contributed by atoms with Gasteiger partial charge in [0, 0.05) is 17.3 Å². The number of anilines is 2. The van der Waals surface area contributed by atoms with E-state index < -0.39 is 10.0 Å². The number of sulfonamides is 1. The normalized spacial score (nSPS) is 15.0. The number of hydrogen-bond donors (Lipinski definition) is 2. The SMILES string of the molecule is O=C1C(=CNc2ccccc2NS(=O)(=O)c2ccccc2)CCc2ccccc21. The molecule has 6 heteroatoms. The van der Waals surface area contributed by atoms with Gasteiger partial charge in [-0.15, -0.1) is 0 Å². The fourth-order valence-electron chi connectivity index (χ4n) is 3.32. The zero-order valence-corrected chi connectivity index (χ0v) is 16.4. The third-order valence-electron chi connectivity index (χ3n) is 4.84. The van der Waals surface area contributed by atoms with Gasteiger partial charge in [0.05, 0.1) is 16.3 Å². The van der Waals surface area contributed by atoms with E-state index in [1.54, 1.807) is 60.8 Å². The summed E-state index contributed by atoms with van der Waals surface area (Å²) in [5, 5.41) is 3.11. The van der Waals surface area contributed by atoms with Crippen molar-refractivity contribution in [1.29, 1.82) is 0 Å². The van der Waals surface area contributed by atoms with Gasteiger partial charge in [-0.2, -0.15) is 0 Å². The van der Waals surface area contributed by atoms with Crippen LogP contribution in [0.5, 0.6) is 0 Å². The van der Waals surface area contributed by atoms with Crippen LogP contribution in [0.15, 0.2) is 95.5 Å². The van der Waals surface area contributed by atoms with Gasteiger partial charge in [0.1, 0.15) is 0 Å². The molecule has 0 atom stereocenters. The predicted octanol–water partition coefficient (Wildman–Crippen LogP) is 4.61. The van der Waals surface area contributed by atoms with Gasteiger partial charge in [0.25, 0.3) is 10.0 Å². The number of fused-ring (bicyclic) bond motifs is 1. The molecule has 29 heavy (non-hydrogen) atoms. The van der Waals surface area contributed by atoms with Crippen LogP contribution < -0.4 is 10.0 Å². The second kappa shape index (κ2) is 7.93. The van der Waals surface area contributed by atoms with Gasteiger partial charge < -0.3 is 5.32 Å². The number of aryl methyl sites for hydroxylation is 1. The number of para-hydroxylation sites is 2. The van der Waals surface area contributed by atoms with Crippen LogP contribution in [0, 0.1) is 0 Å². The van der Waals surface area contributed by atoms with Crippen molar-refractivity contribution in [1.82, 2.24) is 0 Å². The van der Waals surface area contributed by atoms with Gasteiger partial charge in [0.2, 0.25) is 0 Å². The molecule has 146 valence electrons. The predicted molar refractivity (Wildman–Crippen MR) is 114 cm³/mol. The van der Waals surface area contributed by atoms with Gasteiger partial charge in [-0.25, -0.2) is 8.42 Å². The molecule has 0 unspecified atom stereocenters. The van der Waals surface area contributed by atoms with Gasteiger partial charge in [0.15, 0.2) is 5.78 Å². The number of benzene rings is 3. The maximum absolute atomic E-state index is 12.7. The number of carbonyl (C=O) groups is 1. The number of rotatable bonds is 5. The van der Waals surface area contributed by atoms with Crippen LogP contribution in [0.25, 0.3) is 0 Å². The number of carbonyl (C=O) groups excluding carboxylic acids is 1. The molecule has 0 spiro atoms. The molecule has 1 aliphatic carbocycles.